The first-order valence-electron chi connectivity index (χ1n) is 6.43. The SMILES string of the molecule is Cc1ncc(S(=O)(=O)NCC(CC(=O)O)CC(C)C)[nH]1. The van der Waals surface area contributed by atoms with Crippen LogP contribution in [0.2, 0.25) is 0 Å². The third-order valence-electron chi connectivity index (χ3n) is 2.80. The number of H-pyrrole nitrogens is 1. The molecule has 1 heterocycles. The van der Waals surface area contributed by atoms with Gasteiger partial charge in [-0.1, -0.05) is 13.8 Å². The van der Waals surface area contributed by atoms with E-state index in [0.717, 1.165) is 0 Å². The number of aromatic amines is 1. The van der Waals surface area contributed by atoms with Crippen LogP contribution < -0.4 is 4.72 Å². The topological polar surface area (TPSA) is 112 Å². The van der Waals surface area contributed by atoms with Crippen LogP contribution in [0, 0.1) is 18.8 Å². The molecule has 20 heavy (non-hydrogen) atoms. The molecule has 0 saturated heterocycles. The summed E-state index contributed by atoms with van der Waals surface area (Å²) in [6.45, 7) is 5.71. The summed E-state index contributed by atoms with van der Waals surface area (Å²) < 4.78 is 26.4. The molecule has 1 aromatic rings. The van der Waals surface area contributed by atoms with Crippen LogP contribution in [0.3, 0.4) is 0 Å². The highest BCUT2D eigenvalue weighted by Gasteiger charge is 2.21. The first-order valence-corrected chi connectivity index (χ1v) is 7.92. The molecule has 0 aliphatic rings. The monoisotopic (exact) mass is 303 g/mol. The van der Waals surface area contributed by atoms with Gasteiger partial charge in [0.2, 0.25) is 0 Å². The zero-order chi connectivity index (χ0) is 15.3. The van der Waals surface area contributed by atoms with Crippen molar-refractivity contribution in [3.8, 4) is 0 Å². The molecule has 8 heteroatoms. The van der Waals surface area contributed by atoms with Crippen LogP contribution in [-0.4, -0.2) is 36.0 Å². The average molecular weight is 303 g/mol. The molecule has 0 aliphatic heterocycles. The standard InChI is InChI=1S/C12H21N3O4S/c1-8(2)4-10(5-12(16)17)6-14-20(18,19)11-7-13-9(3)15-11/h7-8,10,14H,4-6H2,1-3H3,(H,13,15)(H,16,17). The molecule has 0 amide bonds. The fourth-order valence-electron chi connectivity index (χ4n) is 1.99. The number of sulfonamides is 1. The number of hydrogen-bond donors (Lipinski definition) is 3. The molecule has 0 radical (unpaired) electrons. The minimum absolute atomic E-state index is 0.00591. The first kappa shape index (κ1) is 16.6. The first-order chi connectivity index (χ1) is 9.20. The predicted molar refractivity (Wildman–Crippen MR) is 73.7 cm³/mol. The Hall–Kier alpha value is -1.41. The van der Waals surface area contributed by atoms with Crippen LogP contribution in [-0.2, 0) is 14.8 Å². The minimum atomic E-state index is -3.67. The van der Waals surface area contributed by atoms with Crippen LogP contribution >= 0.6 is 0 Å². The zero-order valence-electron chi connectivity index (χ0n) is 11.9. The van der Waals surface area contributed by atoms with Crippen molar-refractivity contribution in [2.45, 2.75) is 38.6 Å². The number of carboxylic acid groups (broad SMARTS) is 1. The fourth-order valence-corrected chi connectivity index (χ4v) is 3.08. The second-order valence-corrected chi connectivity index (χ2v) is 7.01. The van der Waals surface area contributed by atoms with Crippen LogP contribution in [0.4, 0.5) is 0 Å². The molecule has 114 valence electrons. The smallest absolute Gasteiger partial charge is 0.303 e. The lowest BCUT2D eigenvalue weighted by Gasteiger charge is -2.17. The van der Waals surface area contributed by atoms with Crippen LogP contribution in [0.25, 0.3) is 0 Å². The van der Waals surface area contributed by atoms with Gasteiger partial charge in [-0.2, -0.15) is 0 Å². The van der Waals surface area contributed by atoms with E-state index in [2.05, 4.69) is 14.7 Å². The van der Waals surface area contributed by atoms with Crippen molar-refractivity contribution in [1.29, 1.82) is 0 Å². The third-order valence-corrected chi connectivity index (χ3v) is 4.13. The van der Waals surface area contributed by atoms with Gasteiger partial charge in [0.15, 0.2) is 5.03 Å². The van der Waals surface area contributed by atoms with Gasteiger partial charge >= 0.3 is 5.97 Å². The normalized spacial score (nSPS) is 13.6. The van der Waals surface area contributed by atoms with Gasteiger partial charge in [0.1, 0.15) is 5.82 Å². The molecule has 1 atom stereocenters. The number of aryl methyl sites for hydroxylation is 1. The Morgan fingerprint density at radius 2 is 2.15 bits per heavy atom. The Bertz CT molecular complexity index is 551. The van der Waals surface area contributed by atoms with Gasteiger partial charge in [0.05, 0.1) is 6.20 Å². The van der Waals surface area contributed by atoms with Gasteiger partial charge in [0.25, 0.3) is 10.0 Å². The molecule has 7 nitrogen and oxygen atoms in total. The van der Waals surface area contributed by atoms with Gasteiger partial charge in [-0.25, -0.2) is 18.1 Å². The van der Waals surface area contributed by atoms with E-state index in [9.17, 15) is 13.2 Å². The van der Waals surface area contributed by atoms with E-state index in [1.807, 2.05) is 13.8 Å². The second kappa shape index (κ2) is 6.85. The summed E-state index contributed by atoms with van der Waals surface area (Å²) in [5.41, 5.74) is 0. The maximum atomic E-state index is 12.0. The third kappa shape index (κ3) is 5.30. The number of carbonyl (C=O) groups is 1. The molecule has 0 spiro atoms. The highest BCUT2D eigenvalue weighted by Crippen LogP contribution is 2.16. The number of imidazole rings is 1. The summed E-state index contributed by atoms with van der Waals surface area (Å²) >= 11 is 0. The molecule has 0 aliphatic carbocycles. The van der Waals surface area contributed by atoms with E-state index in [-0.39, 0.29) is 23.9 Å². The number of nitrogens with one attached hydrogen (secondary N) is 2. The molecule has 1 rings (SSSR count). The minimum Gasteiger partial charge on any atom is -0.481 e. The van der Waals surface area contributed by atoms with E-state index in [0.29, 0.717) is 18.2 Å². The van der Waals surface area contributed by atoms with Crippen molar-refractivity contribution >= 4 is 16.0 Å². The van der Waals surface area contributed by atoms with Crippen LogP contribution in [0.5, 0.6) is 0 Å². The maximum absolute atomic E-state index is 12.0. The summed E-state index contributed by atoms with van der Waals surface area (Å²) in [5.74, 6) is -0.341. The maximum Gasteiger partial charge on any atom is 0.303 e. The molecule has 0 bridgehead atoms. The molecular formula is C12H21N3O4S. The van der Waals surface area contributed by atoms with Crippen LogP contribution in [0.15, 0.2) is 11.2 Å². The zero-order valence-corrected chi connectivity index (χ0v) is 12.7. The molecule has 1 unspecified atom stereocenters. The van der Waals surface area contributed by atoms with E-state index in [1.165, 1.54) is 6.20 Å². The Labute approximate surface area is 118 Å². The summed E-state index contributed by atoms with van der Waals surface area (Å²) in [4.78, 5) is 17.3. The van der Waals surface area contributed by atoms with Crippen molar-refractivity contribution in [2.75, 3.05) is 6.54 Å². The second-order valence-electron chi connectivity index (χ2n) is 5.28. The Morgan fingerprint density at radius 1 is 1.50 bits per heavy atom. The number of hydrogen-bond acceptors (Lipinski definition) is 4. The van der Waals surface area contributed by atoms with E-state index in [4.69, 9.17) is 5.11 Å². The van der Waals surface area contributed by atoms with Crippen molar-refractivity contribution in [3.05, 3.63) is 12.0 Å². The predicted octanol–water partition coefficient (Wildman–Crippen LogP) is 1.13. The Kier molecular flexibility index (Phi) is 5.70. The number of rotatable bonds is 8. The molecule has 0 aromatic carbocycles. The van der Waals surface area contributed by atoms with E-state index < -0.39 is 16.0 Å². The lowest BCUT2D eigenvalue weighted by Crippen LogP contribution is -2.31. The van der Waals surface area contributed by atoms with Gasteiger partial charge in [-0.15, -0.1) is 0 Å². The number of aromatic nitrogens is 2. The number of nitrogens with zero attached hydrogens (tertiary/aromatic N) is 1. The van der Waals surface area contributed by atoms with Crippen molar-refractivity contribution in [1.82, 2.24) is 14.7 Å². The molecule has 0 saturated carbocycles. The lowest BCUT2D eigenvalue weighted by molar-refractivity contribution is -0.138. The van der Waals surface area contributed by atoms with Gasteiger partial charge in [0, 0.05) is 13.0 Å². The van der Waals surface area contributed by atoms with Crippen molar-refractivity contribution < 1.29 is 18.3 Å². The van der Waals surface area contributed by atoms with Crippen molar-refractivity contribution in [3.63, 3.8) is 0 Å². The number of carboxylic acids is 1. The van der Waals surface area contributed by atoms with Gasteiger partial charge in [-0.05, 0) is 25.2 Å². The molecule has 0 fully saturated rings. The Balaban J connectivity index is 2.68. The highest BCUT2D eigenvalue weighted by molar-refractivity contribution is 7.89. The quantitative estimate of drug-likeness (QED) is 0.666. The average Bonchev–Trinajstić information content (AvgIpc) is 2.72. The van der Waals surface area contributed by atoms with E-state index >= 15 is 0 Å². The van der Waals surface area contributed by atoms with Crippen molar-refractivity contribution in [2.24, 2.45) is 11.8 Å². The summed E-state index contributed by atoms with van der Waals surface area (Å²) in [6, 6.07) is 0. The van der Waals surface area contributed by atoms with E-state index in [1.54, 1.807) is 6.92 Å². The summed E-state index contributed by atoms with van der Waals surface area (Å²) in [6.07, 6.45) is 1.84. The molecule has 1 aromatic heterocycles. The lowest BCUT2D eigenvalue weighted by atomic mass is 9.94. The fraction of sp³-hybridized carbons (Fsp3) is 0.667. The van der Waals surface area contributed by atoms with Crippen LogP contribution in [0.1, 0.15) is 32.5 Å². The van der Waals surface area contributed by atoms with Gasteiger partial charge in [-0.3, -0.25) is 4.79 Å². The largest absolute Gasteiger partial charge is 0.481 e. The van der Waals surface area contributed by atoms with Gasteiger partial charge < -0.3 is 10.1 Å². The molecule has 3 N–H and O–H groups in total. The molecular weight excluding hydrogens is 282 g/mol. The number of aliphatic carboxylic acids is 1. The summed E-state index contributed by atoms with van der Waals surface area (Å²) in [7, 11) is -3.67. The summed E-state index contributed by atoms with van der Waals surface area (Å²) in [5, 5.41) is 8.85. The Morgan fingerprint density at radius 3 is 2.60 bits per heavy atom. The highest BCUT2D eigenvalue weighted by atomic mass is 32.2.